The minimum Gasteiger partial charge on any atom is -0.335 e. The van der Waals surface area contributed by atoms with Crippen LogP contribution in [0.25, 0.3) is 0 Å². The molecule has 1 aliphatic rings. The number of piperazine rings is 1. The summed E-state index contributed by atoms with van der Waals surface area (Å²) < 4.78 is 0. The van der Waals surface area contributed by atoms with Crippen LogP contribution in [0.15, 0.2) is 29.6 Å². The molecule has 0 aliphatic carbocycles. The van der Waals surface area contributed by atoms with E-state index >= 15 is 0 Å². The van der Waals surface area contributed by atoms with Gasteiger partial charge in [-0.2, -0.15) is 0 Å². The predicted molar refractivity (Wildman–Crippen MR) is 117 cm³/mol. The lowest BCUT2D eigenvalue weighted by molar-refractivity contribution is 0.0577. The molecule has 0 saturated carbocycles. The number of hydrogen-bond donors (Lipinski definition) is 1. The van der Waals surface area contributed by atoms with Crippen molar-refractivity contribution < 1.29 is 4.79 Å². The number of nitrogens with two attached hydrogens (primary N) is 1. The standard InChI is InChI=1S/C18H23ClN4OS.2ClH/c1-13(14-4-2-3-5-15(14)19)22-8-10-23(11-9-22)18(24)16-12-25-17(21-16)6-7-20;;/h2-5,12-13H,6-11,20H2,1H3;2*1H. The molecule has 5 nitrogen and oxygen atoms in total. The van der Waals surface area contributed by atoms with Crippen molar-refractivity contribution in [3.8, 4) is 0 Å². The minimum absolute atomic E-state index is 0. The highest BCUT2D eigenvalue weighted by Gasteiger charge is 2.27. The van der Waals surface area contributed by atoms with Crippen molar-refractivity contribution in [3.63, 3.8) is 0 Å². The van der Waals surface area contributed by atoms with Crippen LogP contribution in [0.5, 0.6) is 0 Å². The van der Waals surface area contributed by atoms with Gasteiger partial charge in [-0.15, -0.1) is 36.2 Å². The zero-order valence-corrected chi connectivity index (χ0v) is 18.3. The predicted octanol–water partition coefficient (Wildman–Crippen LogP) is 3.66. The fraction of sp³-hybridized carbons (Fsp3) is 0.444. The van der Waals surface area contributed by atoms with Crippen molar-refractivity contribution in [1.29, 1.82) is 0 Å². The molecule has 0 bridgehead atoms. The second-order valence-electron chi connectivity index (χ2n) is 6.19. The molecule has 1 amide bonds. The number of hydrogen-bond acceptors (Lipinski definition) is 5. The number of amides is 1. The number of benzene rings is 1. The van der Waals surface area contributed by atoms with E-state index in [4.69, 9.17) is 17.3 Å². The van der Waals surface area contributed by atoms with Gasteiger partial charge in [0.05, 0.1) is 5.01 Å². The second kappa shape index (κ2) is 11.2. The summed E-state index contributed by atoms with van der Waals surface area (Å²) in [5, 5.41) is 3.56. The summed E-state index contributed by atoms with van der Waals surface area (Å²) in [5.74, 6) is 0.0181. The van der Waals surface area contributed by atoms with Crippen LogP contribution in [0.4, 0.5) is 0 Å². The summed E-state index contributed by atoms with van der Waals surface area (Å²) in [6.45, 7) is 5.79. The zero-order valence-electron chi connectivity index (χ0n) is 15.1. The third kappa shape index (κ3) is 5.79. The van der Waals surface area contributed by atoms with Crippen LogP contribution >= 0.6 is 47.8 Å². The molecule has 1 aliphatic heterocycles. The molecule has 2 aromatic rings. The molecule has 9 heteroatoms. The molecular weight excluding hydrogens is 427 g/mol. The number of halogens is 3. The van der Waals surface area contributed by atoms with Crippen LogP contribution in [0.2, 0.25) is 5.02 Å². The number of aromatic nitrogens is 1. The summed E-state index contributed by atoms with van der Waals surface area (Å²) in [5.41, 5.74) is 7.22. The Morgan fingerprint density at radius 2 is 1.93 bits per heavy atom. The first-order chi connectivity index (χ1) is 12.1. The van der Waals surface area contributed by atoms with Crippen LogP contribution in [0, 0.1) is 0 Å². The van der Waals surface area contributed by atoms with E-state index in [0.29, 0.717) is 25.3 Å². The van der Waals surface area contributed by atoms with Gasteiger partial charge in [-0.3, -0.25) is 9.69 Å². The van der Waals surface area contributed by atoms with Gasteiger partial charge in [0.15, 0.2) is 0 Å². The van der Waals surface area contributed by atoms with Crippen LogP contribution in [0.1, 0.15) is 34.0 Å². The smallest absolute Gasteiger partial charge is 0.273 e. The van der Waals surface area contributed by atoms with Crippen molar-refractivity contribution in [2.24, 2.45) is 5.73 Å². The van der Waals surface area contributed by atoms with E-state index in [0.717, 1.165) is 35.1 Å². The first-order valence-electron chi connectivity index (χ1n) is 8.52. The van der Waals surface area contributed by atoms with E-state index in [9.17, 15) is 4.79 Å². The Balaban J connectivity index is 0.00000182. The molecule has 1 aromatic carbocycles. The van der Waals surface area contributed by atoms with Gasteiger partial charge >= 0.3 is 0 Å². The Morgan fingerprint density at radius 3 is 2.56 bits per heavy atom. The summed E-state index contributed by atoms with van der Waals surface area (Å²) >= 11 is 7.83. The van der Waals surface area contributed by atoms with Crippen LogP contribution in [-0.4, -0.2) is 53.4 Å². The Bertz CT molecular complexity index is 735. The Kier molecular flexibility index (Phi) is 10.0. The molecule has 1 aromatic heterocycles. The maximum atomic E-state index is 12.6. The second-order valence-corrected chi connectivity index (χ2v) is 7.54. The molecule has 1 fully saturated rings. The van der Waals surface area contributed by atoms with E-state index in [2.05, 4.69) is 22.9 Å². The van der Waals surface area contributed by atoms with Gasteiger partial charge in [0.2, 0.25) is 0 Å². The monoisotopic (exact) mass is 450 g/mol. The number of nitrogens with zero attached hydrogens (tertiary/aromatic N) is 3. The van der Waals surface area contributed by atoms with Crippen molar-refractivity contribution in [3.05, 3.63) is 50.9 Å². The van der Waals surface area contributed by atoms with Crippen molar-refractivity contribution in [1.82, 2.24) is 14.8 Å². The topological polar surface area (TPSA) is 62.5 Å². The van der Waals surface area contributed by atoms with E-state index in [-0.39, 0.29) is 36.8 Å². The van der Waals surface area contributed by atoms with Crippen molar-refractivity contribution in [2.75, 3.05) is 32.7 Å². The highest BCUT2D eigenvalue weighted by atomic mass is 35.5. The van der Waals surface area contributed by atoms with Gasteiger partial charge in [-0.1, -0.05) is 29.8 Å². The number of carbonyl (C=O) groups excluding carboxylic acids is 1. The third-order valence-corrected chi connectivity index (χ3v) is 5.89. The average molecular weight is 452 g/mol. The SMILES string of the molecule is CC(c1ccccc1Cl)N1CCN(C(=O)c2csc(CCN)n2)CC1.Cl.Cl. The van der Waals surface area contributed by atoms with Crippen molar-refractivity contribution >= 4 is 53.7 Å². The lowest BCUT2D eigenvalue weighted by Crippen LogP contribution is -2.49. The highest BCUT2D eigenvalue weighted by molar-refractivity contribution is 7.09. The largest absolute Gasteiger partial charge is 0.335 e. The summed E-state index contributed by atoms with van der Waals surface area (Å²) in [6, 6.07) is 8.19. The van der Waals surface area contributed by atoms with Gasteiger partial charge in [0.1, 0.15) is 5.69 Å². The van der Waals surface area contributed by atoms with Gasteiger partial charge in [0, 0.05) is 49.0 Å². The van der Waals surface area contributed by atoms with Gasteiger partial charge in [-0.05, 0) is 25.1 Å². The number of thiazole rings is 1. The normalized spacial score (nSPS) is 15.6. The Hall–Kier alpha value is -0.890. The molecule has 0 spiro atoms. The number of rotatable bonds is 5. The highest BCUT2D eigenvalue weighted by Crippen LogP contribution is 2.28. The fourth-order valence-corrected chi connectivity index (χ4v) is 4.21. The first-order valence-corrected chi connectivity index (χ1v) is 9.78. The van der Waals surface area contributed by atoms with Crippen LogP contribution in [-0.2, 0) is 6.42 Å². The lowest BCUT2D eigenvalue weighted by Gasteiger charge is -2.38. The zero-order chi connectivity index (χ0) is 17.8. The molecule has 1 unspecified atom stereocenters. The minimum atomic E-state index is 0. The fourth-order valence-electron chi connectivity index (χ4n) is 3.13. The average Bonchev–Trinajstić information content (AvgIpc) is 3.10. The molecule has 2 N–H and O–H groups in total. The maximum absolute atomic E-state index is 12.6. The Labute approximate surface area is 181 Å². The van der Waals surface area contributed by atoms with Gasteiger partial charge in [0.25, 0.3) is 5.91 Å². The molecule has 1 saturated heterocycles. The van der Waals surface area contributed by atoms with E-state index < -0.39 is 0 Å². The third-order valence-electron chi connectivity index (χ3n) is 4.63. The molecule has 150 valence electrons. The molecule has 2 heterocycles. The molecular formula is C18H25Cl3N4OS. The van der Waals surface area contributed by atoms with E-state index in [1.165, 1.54) is 11.3 Å². The molecule has 0 radical (unpaired) electrons. The van der Waals surface area contributed by atoms with Crippen molar-refractivity contribution in [2.45, 2.75) is 19.4 Å². The summed E-state index contributed by atoms with van der Waals surface area (Å²) in [7, 11) is 0. The van der Waals surface area contributed by atoms with Crippen LogP contribution in [0.3, 0.4) is 0 Å². The number of carbonyl (C=O) groups is 1. The van der Waals surface area contributed by atoms with Gasteiger partial charge < -0.3 is 10.6 Å². The lowest BCUT2D eigenvalue weighted by atomic mass is 10.1. The van der Waals surface area contributed by atoms with E-state index in [1.807, 2.05) is 28.5 Å². The van der Waals surface area contributed by atoms with Gasteiger partial charge in [-0.25, -0.2) is 4.98 Å². The molecule has 1 atom stereocenters. The summed E-state index contributed by atoms with van der Waals surface area (Å²) in [4.78, 5) is 21.3. The quantitative estimate of drug-likeness (QED) is 0.753. The Morgan fingerprint density at radius 1 is 1.26 bits per heavy atom. The summed E-state index contributed by atoms with van der Waals surface area (Å²) in [6.07, 6.45) is 0.723. The molecule has 3 rings (SSSR count). The first kappa shape index (κ1) is 24.1. The maximum Gasteiger partial charge on any atom is 0.273 e. The van der Waals surface area contributed by atoms with Crippen LogP contribution < -0.4 is 5.73 Å². The van der Waals surface area contributed by atoms with E-state index in [1.54, 1.807) is 0 Å². The molecule has 27 heavy (non-hydrogen) atoms.